The number of para-hydroxylation sites is 1. The first kappa shape index (κ1) is 19.2. The number of H-pyrrole nitrogens is 1. The standard InChI is InChI=1S/C24H19N7O3/c32-24(23-30-29-22(34-23)21-25-9-3-10-26-21)31-11-8-15-18(28-12-27-15)19(31)20-17(13-6-7-13)14-4-1-2-5-16(14)33-20/h1-5,9-10,12-13,19H,6-8,11H2,(H,27,28)/t19-/m1/s1. The molecule has 10 nitrogen and oxygen atoms in total. The van der Waals surface area contributed by atoms with Crippen LogP contribution in [0.2, 0.25) is 0 Å². The van der Waals surface area contributed by atoms with Crippen molar-refractivity contribution in [3.8, 4) is 11.7 Å². The van der Waals surface area contributed by atoms with Crippen LogP contribution in [0.4, 0.5) is 0 Å². The number of aromatic amines is 1. The summed E-state index contributed by atoms with van der Waals surface area (Å²) in [7, 11) is 0. The number of amides is 1. The van der Waals surface area contributed by atoms with Gasteiger partial charge in [0.25, 0.3) is 5.89 Å². The molecule has 1 aliphatic carbocycles. The van der Waals surface area contributed by atoms with Crippen LogP contribution in [0.15, 0.2) is 57.9 Å². The molecule has 1 atom stereocenters. The number of carbonyl (C=O) groups excluding carboxylic acids is 1. The molecule has 2 aliphatic rings. The summed E-state index contributed by atoms with van der Waals surface area (Å²) in [4.78, 5) is 31.5. The van der Waals surface area contributed by atoms with Gasteiger partial charge in [0.2, 0.25) is 5.82 Å². The zero-order chi connectivity index (χ0) is 22.6. The largest absolute Gasteiger partial charge is 0.458 e. The molecule has 0 bridgehead atoms. The molecule has 1 amide bonds. The van der Waals surface area contributed by atoms with E-state index in [4.69, 9.17) is 8.83 Å². The third-order valence-corrected chi connectivity index (χ3v) is 6.45. The number of rotatable bonds is 4. The number of furan rings is 1. The number of carbonyl (C=O) groups is 1. The molecule has 5 aromatic rings. The Hall–Kier alpha value is -4.34. The van der Waals surface area contributed by atoms with E-state index in [-0.39, 0.29) is 23.5 Å². The highest BCUT2D eigenvalue weighted by Gasteiger charge is 2.42. The molecule has 1 fully saturated rings. The predicted octanol–water partition coefficient (Wildman–Crippen LogP) is 3.66. The van der Waals surface area contributed by atoms with Gasteiger partial charge in [0, 0.05) is 42.0 Å². The molecule has 1 aromatic carbocycles. The van der Waals surface area contributed by atoms with Crippen molar-refractivity contribution in [2.75, 3.05) is 6.54 Å². The Bertz CT molecular complexity index is 1520. The highest BCUT2D eigenvalue weighted by atomic mass is 16.4. The van der Waals surface area contributed by atoms with E-state index in [0.29, 0.717) is 18.9 Å². The summed E-state index contributed by atoms with van der Waals surface area (Å²) < 4.78 is 12.1. The summed E-state index contributed by atoms with van der Waals surface area (Å²) in [5.74, 6) is 1.06. The van der Waals surface area contributed by atoms with Gasteiger partial charge in [-0.15, -0.1) is 10.2 Å². The predicted molar refractivity (Wildman–Crippen MR) is 119 cm³/mol. The van der Waals surface area contributed by atoms with Crippen LogP contribution >= 0.6 is 0 Å². The molecule has 1 aliphatic heterocycles. The van der Waals surface area contributed by atoms with Crippen molar-refractivity contribution in [3.05, 3.63) is 77.7 Å². The maximum absolute atomic E-state index is 13.7. The lowest BCUT2D eigenvalue weighted by Crippen LogP contribution is -2.41. The molecule has 10 heteroatoms. The van der Waals surface area contributed by atoms with Crippen LogP contribution in [0.3, 0.4) is 0 Å². The molecule has 1 saturated carbocycles. The molecule has 5 heterocycles. The minimum absolute atomic E-state index is 0.0976. The van der Waals surface area contributed by atoms with E-state index in [1.54, 1.807) is 29.7 Å². The fourth-order valence-electron chi connectivity index (χ4n) is 4.77. The summed E-state index contributed by atoms with van der Waals surface area (Å²) in [6.07, 6.45) is 7.68. The first-order chi connectivity index (χ1) is 16.8. The minimum Gasteiger partial charge on any atom is -0.458 e. The second-order valence-electron chi connectivity index (χ2n) is 8.55. The smallest absolute Gasteiger partial charge is 0.312 e. The number of nitrogens with zero attached hydrogens (tertiary/aromatic N) is 6. The lowest BCUT2D eigenvalue weighted by atomic mass is 9.95. The summed E-state index contributed by atoms with van der Waals surface area (Å²) in [5, 5.41) is 9.09. The van der Waals surface area contributed by atoms with Crippen LogP contribution in [0.25, 0.3) is 22.7 Å². The van der Waals surface area contributed by atoms with Gasteiger partial charge in [-0.3, -0.25) is 4.79 Å². The lowest BCUT2D eigenvalue weighted by Gasteiger charge is -2.33. The van der Waals surface area contributed by atoms with Gasteiger partial charge in [-0.2, -0.15) is 0 Å². The van der Waals surface area contributed by atoms with Gasteiger partial charge >= 0.3 is 11.8 Å². The normalized spacial score (nSPS) is 17.8. The molecule has 7 rings (SSSR count). The number of imidazole rings is 1. The molecule has 0 spiro atoms. The Morgan fingerprint density at radius 1 is 1.03 bits per heavy atom. The first-order valence-corrected chi connectivity index (χ1v) is 11.2. The summed E-state index contributed by atoms with van der Waals surface area (Å²) >= 11 is 0. The summed E-state index contributed by atoms with van der Waals surface area (Å²) in [6, 6.07) is 9.23. The van der Waals surface area contributed by atoms with Crippen molar-refractivity contribution >= 4 is 16.9 Å². The van der Waals surface area contributed by atoms with Crippen LogP contribution in [-0.2, 0) is 6.42 Å². The topological polar surface area (TPSA) is 127 Å². The zero-order valence-corrected chi connectivity index (χ0v) is 18.0. The Morgan fingerprint density at radius 3 is 2.74 bits per heavy atom. The molecular weight excluding hydrogens is 434 g/mol. The van der Waals surface area contributed by atoms with Crippen LogP contribution in [0, 0.1) is 0 Å². The molecule has 34 heavy (non-hydrogen) atoms. The molecule has 1 N–H and O–H groups in total. The third kappa shape index (κ3) is 2.95. The number of hydrogen-bond acceptors (Lipinski definition) is 8. The molecule has 168 valence electrons. The highest BCUT2D eigenvalue weighted by Crippen LogP contribution is 2.50. The van der Waals surface area contributed by atoms with E-state index in [0.717, 1.165) is 46.5 Å². The van der Waals surface area contributed by atoms with Crippen molar-refractivity contribution in [3.63, 3.8) is 0 Å². The first-order valence-electron chi connectivity index (χ1n) is 11.2. The lowest BCUT2D eigenvalue weighted by molar-refractivity contribution is 0.0631. The molecule has 4 aromatic heterocycles. The van der Waals surface area contributed by atoms with E-state index in [2.05, 4.69) is 36.2 Å². The summed E-state index contributed by atoms with van der Waals surface area (Å²) in [6.45, 7) is 0.458. The van der Waals surface area contributed by atoms with E-state index in [1.165, 1.54) is 0 Å². The van der Waals surface area contributed by atoms with Gasteiger partial charge in [-0.1, -0.05) is 18.2 Å². The number of nitrogens with one attached hydrogen (secondary N) is 1. The van der Waals surface area contributed by atoms with Gasteiger partial charge in [0.15, 0.2) is 0 Å². The van der Waals surface area contributed by atoms with Crippen molar-refractivity contribution in [2.45, 2.75) is 31.2 Å². The van der Waals surface area contributed by atoms with E-state index in [9.17, 15) is 4.79 Å². The Kier molecular flexibility index (Phi) is 4.14. The number of hydrogen-bond donors (Lipinski definition) is 1. The van der Waals surface area contributed by atoms with Crippen molar-refractivity contribution in [1.82, 2.24) is 35.0 Å². The highest BCUT2D eigenvalue weighted by molar-refractivity contribution is 5.91. The second-order valence-corrected chi connectivity index (χ2v) is 8.55. The fraction of sp³-hybridized carbons (Fsp3) is 0.250. The minimum atomic E-state index is -0.492. The average molecular weight is 453 g/mol. The SMILES string of the molecule is O=C(c1nnc(-c2ncccn2)o1)N1CCc2[nH]cnc2[C@@H]1c1oc2ccccc2c1C1CC1. The summed E-state index contributed by atoms with van der Waals surface area (Å²) in [5.41, 5.74) is 3.76. The van der Waals surface area contributed by atoms with Crippen LogP contribution in [-0.4, -0.2) is 47.5 Å². The van der Waals surface area contributed by atoms with Crippen molar-refractivity contribution in [1.29, 1.82) is 0 Å². The second kappa shape index (κ2) is 7.34. The Balaban J connectivity index is 1.34. The molecule has 0 unspecified atom stereocenters. The van der Waals surface area contributed by atoms with Gasteiger partial charge < -0.3 is 18.7 Å². The fourth-order valence-corrected chi connectivity index (χ4v) is 4.77. The van der Waals surface area contributed by atoms with Crippen molar-refractivity contribution in [2.24, 2.45) is 0 Å². The molecule has 0 radical (unpaired) electrons. The molecule has 0 saturated heterocycles. The van der Waals surface area contributed by atoms with Crippen LogP contribution < -0.4 is 0 Å². The van der Waals surface area contributed by atoms with Gasteiger partial charge in [0.05, 0.1) is 12.0 Å². The van der Waals surface area contributed by atoms with E-state index >= 15 is 0 Å². The number of benzene rings is 1. The Labute approximate surface area is 193 Å². The monoisotopic (exact) mass is 453 g/mol. The van der Waals surface area contributed by atoms with Crippen LogP contribution in [0.5, 0.6) is 0 Å². The third-order valence-electron chi connectivity index (χ3n) is 6.45. The van der Waals surface area contributed by atoms with Crippen LogP contribution in [0.1, 0.15) is 58.2 Å². The quantitative estimate of drug-likeness (QED) is 0.437. The molecular formula is C24H19N7O3. The van der Waals surface area contributed by atoms with Crippen molar-refractivity contribution < 1.29 is 13.6 Å². The number of aromatic nitrogens is 6. The maximum Gasteiger partial charge on any atom is 0.312 e. The maximum atomic E-state index is 13.7. The van der Waals surface area contributed by atoms with Gasteiger partial charge in [-0.25, -0.2) is 15.0 Å². The van der Waals surface area contributed by atoms with Gasteiger partial charge in [0.1, 0.15) is 17.4 Å². The average Bonchev–Trinajstić information content (AvgIpc) is 3.27. The number of fused-ring (bicyclic) bond motifs is 2. The van der Waals surface area contributed by atoms with E-state index in [1.807, 2.05) is 18.2 Å². The van der Waals surface area contributed by atoms with E-state index < -0.39 is 6.04 Å². The Morgan fingerprint density at radius 2 is 1.88 bits per heavy atom. The van der Waals surface area contributed by atoms with Gasteiger partial charge in [-0.05, 0) is 30.9 Å². The zero-order valence-electron chi connectivity index (χ0n) is 18.0.